The number of para-hydroxylation sites is 1. The summed E-state index contributed by atoms with van der Waals surface area (Å²) in [6, 6.07) is 20.7. The van der Waals surface area contributed by atoms with Gasteiger partial charge < -0.3 is 9.73 Å². The lowest BCUT2D eigenvalue weighted by Crippen LogP contribution is -2.25. The summed E-state index contributed by atoms with van der Waals surface area (Å²) in [4.78, 5) is 12.8. The van der Waals surface area contributed by atoms with Crippen LogP contribution in [0.3, 0.4) is 0 Å². The molecule has 4 rings (SSSR count). The minimum Gasteiger partial charge on any atom is -0.467 e. The summed E-state index contributed by atoms with van der Waals surface area (Å²) < 4.78 is 20.9. The minimum atomic E-state index is -0.391. The first-order valence-electron chi connectivity index (χ1n) is 8.43. The quantitative estimate of drug-likeness (QED) is 0.579. The molecular weight excluding hydrogens is 345 g/mol. The molecule has 2 heterocycles. The summed E-state index contributed by atoms with van der Waals surface area (Å²) in [5.41, 5.74) is 1.75. The zero-order valence-corrected chi connectivity index (χ0v) is 14.3. The number of amides is 1. The van der Waals surface area contributed by atoms with Crippen LogP contribution >= 0.6 is 0 Å². The molecule has 1 N–H and O–H groups in total. The van der Waals surface area contributed by atoms with Gasteiger partial charge in [0.15, 0.2) is 0 Å². The van der Waals surface area contributed by atoms with Gasteiger partial charge in [-0.15, -0.1) is 0 Å². The molecule has 0 aliphatic heterocycles. The van der Waals surface area contributed by atoms with Gasteiger partial charge in [0.1, 0.15) is 17.3 Å². The van der Waals surface area contributed by atoms with Gasteiger partial charge in [-0.3, -0.25) is 4.79 Å². The third-order valence-electron chi connectivity index (χ3n) is 4.10. The lowest BCUT2D eigenvalue weighted by molar-refractivity contribution is 0.0940. The molecule has 0 aliphatic rings. The fourth-order valence-electron chi connectivity index (χ4n) is 2.78. The fraction of sp³-hybridized carbons (Fsp3) is 0.0476. The third-order valence-corrected chi connectivity index (χ3v) is 4.10. The lowest BCUT2D eigenvalue weighted by Gasteiger charge is -2.07. The highest BCUT2D eigenvalue weighted by molar-refractivity contribution is 5.94. The molecular formula is C21H16FN3O2. The van der Waals surface area contributed by atoms with Crippen molar-refractivity contribution in [3.05, 3.63) is 96.3 Å². The Balaban J connectivity index is 1.72. The van der Waals surface area contributed by atoms with E-state index in [0.29, 0.717) is 28.4 Å². The van der Waals surface area contributed by atoms with E-state index in [4.69, 9.17) is 4.42 Å². The maximum atomic E-state index is 14.2. The van der Waals surface area contributed by atoms with Gasteiger partial charge in [-0.05, 0) is 42.5 Å². The molecule has 5 nitrogen and oxygen atoms in total. The molecule has 6 heteroatoms. The molecule has 0 radical (unpaired) electrons. The van der Waals surface area contributed by atoms with Crippen molar-refractivity contribution in [2.24, 2.45) is 0 Å². The summed E-state index contributed by atoms with van der Waals surface area (Å²) in [7, 11) is 0. The van der Waals surface area contributed by atoms with E-state index in [1.54, 1.807) is 42.7 Å². The average molecular weight is 361 g/mol. The van der Waals surface area contributed by atoms with Crippen LogP contribution in [-0.2, 0) is 6.54 Å². The fourth-order valence-corrected chi connectivity index (χ4v) is 2.78. The molecule has 2 aromatic carbocycles. The summed E-state index contributed by atoms with van der Waals surface area (Å²) in [5.74, 6) is -0.0773. The van der Waals surface area contributed by atoms with Gasteiger partial charge in [0.2, 0.25) is 0 Å². The van der Waals surface area contributed by atoms with Gasteiger partial charge in [-0.25, -0.2) is 9.07 Å². The first-order chi connectivity index (χ1) is 13.2. The third kappa shape index (κ3) is 3.50. The molecule has 4 aromatic rings. The second-order valence-corrected chi connectivity index (χ2v) is 5.90. The topological polar surface area (TPSA) is 60.1 Å². The number of benzene rings is 2. The minimum absolute atomic E-state index is 0.251. The summed E-state index contributed by atoms with van der Waals surface area (Å²) in [6.07, 6.45) is 1.55. The summed E-state index contributed by atoms with van der Waals surface area (Å²) in [5, 5.41) is 7.27. The van der Waals surface area contributed by atoms with Gasteiger partial charge in [-0.2, -0.15) is 5.10 Å². The van der Waals surface area contributed by atoms with Crippen LogP contribution in [0, 0.1) is 5.82 Å². The van der Waals surface area contributed by atoms with Crippen LogP contribution in [0.4, 0.5) is 4.39 Å². The summed E-state index contributed by atoms with van der Waals surface area (Å²) in [6.45, 7) is 0.251. The van der Waals surface area contributed by atoms with Crippen molar-refractivity contribution in [3.63, 3.8) is 0 Å². The first kappa shape index (κ1) is 16.8. The Morgan fingerprint density at radius 2 is 1.81 bits per heavy atom. The van der Waals surface area contributed by atoms with Crippen molar-refractivity contribution in [2.45, 2.75) is 6.54 Å². The van der Waals surface area contributed by atoms with Crippen molar-refractivity contribution in [2.75, 3.05) is 0 Å². The van der Waals surface area contributed by atoms with E-state index in [-0.39, 0.29) is 12.5 Å². The van der Waals surface area contributed by atoms with Crippen molar-refractivity contribution in [3.8, 4) is 16.9 Å². The maximum absolute atomic E-state index is 14.2. The Kier molecular flexibility index (Phi) is 4.53. The Bertz CT molecular complexity index is 1060. The Labute approximate surface area is 155 Å². The average Bonchev–Trinajstić information content (AvgIpc) is 3.37. The molecule has 1 amide bonds. The number of furan rings is 1. The van der Waals surface area contributed by atoms with Gasteiger partial charge in [0.25, 0.3) is 5.91 Å². The number of carbonyl (C=O) groups is 1. The van der Waals surface area contributed by atoms with Crippen LogP contribution in [0.1, 0.15) is 16.2 Å². The highest BCUT2D eigenvalue weighted by atomic mass is 19.1. The molecule has 0 spiro atoms. The molecule has 0 aliphatic carbocycles. The molecule has 0 bridgehead atoms. The Hall–Kier alpha value is -3.67. The van der Waals surface area contributed by atoms with E-state index in [2.05, 4.69) is 10.4 Å². The van der Waals surface area contributed by atoms with Crippen LogP contribution in [0.15, 0.2) is 83.5 Å². The smallest absolute Gasteiger partial charge is 0.270 e. The molecule has 0 atom stereocenters. The van der Waals surface area contributed by atoms with E-state index in [9.17, 15) is 9.18 Å². The predicted molar refractivity (Wildman–Crippen MR) is 98.8 cm³/mol. The zero-order valence-electron chi connectivity index (χ0n) is 14.3. The number of rotatable bonds is 5. The van der Waals surface area contributed by atoms with Gasteiger partial charge in [0.05, 0.1) is 24.2 Å². The number of carbonyl (C=O) groups excluding carboxylic acids is 1. The Morgan fingerprint density at radius 1 is 1.04 bits per heavy atom. The maximum Gasteiger partial charge on any atom is 0.270 e. The second kappa shape index (κ2) is 7.29. The number of nitrogens with zero attached hydrogens (tertiary/aromatic N) is 2. The van der Waals surface area contributed by atoms with Crippen molar-refractivity contribution >= 4 is 5.91 Å². The van der Waals surface area contributed by atoms with Gasteiger partial charge in [-0.1, -0.05) is 30.3 Å². The number of nitrogens with one attached hydrogen (secondary N) is 1. The lowest BCUT2D eigenvalue weighted by atomic mass is 10.1. The van der Waals surface area contributed by atoms with Crippen LogP contribution in [-0.4, -0.2) is 15.7 Å². The Morgan fingerprint density at radius 3 is 2.56 bits per heavy atom. The zero-order chi connectivity index (χ0) is 18.6. The van der Waals surface area contributed by atoms with Crippen molar-refractivity contribution < 1.29 is 13.6 Å². The summed E-state index contributed by atoms with van der Waals surface area (Å²) >= 11 is 0. The van der Waals surface area contributed by atoms with E-state index >= 15 is 0 Å². The molecule has 0 saturated carbocycles. The number of hydrogen-bond donors (Lipinski definition) is 1. The predicted octanol–water partition coefficient (Wildman–Crippen LogP) is 4.20. The van der Waals surface area contributed by atoms with Crippen LogP contribution < -0.4 is 5.32 Å². The van der Waals surface area contributed by atoms with Crippen LogP contribution in [0.5, 0.6) is 0 Å². The van der Waals surface area contributed by atoms with Gasteiger partial charge in [0, 0.05) is 5.56 Å². The van der Waals surface area contributed by atoms with E-state index in [0.717, 1.165) is 0 Å². The number of hydrogen-bond acceptors (Lipinski definition) is 3. The largest absolute Gasteiger partial charge is 0.467 e. The van der Waals surface area contributed by atoms with E-state index in [1.807, 2.05) is 30.3 Å². The SMILES string of the molecule is O=C(NCc1ccco1)c1cc(-c2ccccc2F)nn1-c1ccccc1. The number of halogens is 1. The highest BCUT2D eigenvalue weighted by Gasteiger charge is 2.19. The number of aromatic nitrogens is 2. The van der Waals surface area contributed by atoms with Crippen LogP contribution in [0.2, 0.25) is 0 Å². The first-order valence-corrected chi connectivity index (χ1v) is 8.43. The molecule has 0 saturated heterocycles. The van der Waals surface area contributed by atoms with Crippen molar-refractivity contribution in [1.29, 1.82) is 0 Å². The van der Waals surface area contributed by atoms with Gasteiger partial charge >= 0.3 is 0 Å². The monoisotopic (exact) mass is 361 g/mol. The highest BCUT2D eigenvalue weighted by Crippen LogP contribution is 2.24. The van der Waals surface area contributed by atoms with Crippen molar-refractivity contribution in [1.82, 2.24) is 15.1 Å². The standard InChI is InChI=1S/C21H16FN3O2/c22-18-11-5-4-10-17(18)19-13-20(21(26)23-14-16-9-6-12-27-16)25(24-19)15-7-2-1-3-8-15/h1-13H,14H2,(H,23,26). The molecule has 134 valence electrons. The normalized spacial score (nSPS) is 10.7. The second-order valence-electron chi connectivity index (χ2n) is 5.90. The molecule has 2 aromatic heterocycles. The van der Waals surface area contributed by atoms with E-state index in [1.165, 1.54) is 10.7 Å². The molecule has 0 unspecified atom stereocenters. The molecule has 0 fully saturated rings. The van der Waals surface area contributed by atoms with Crippen LogP contribution in [0.25, 0.3) is 16.9 Å². The molecule has 27 heavy (non-hydrogen) atoms. The van der Waals surface area contributed by atoms with E-state index < -0.39 is 5.82 Å².